The fourth-order valence-corrected chi connectivity index (χ4v) is 2.40. The lowest BCUT2D eigenvalue weighted by molar-refractivity contribution is -0.121. The summed E-state index contributed by atoms with van der Waals surface area (Å²) in [5.41, 5.74) is 0. The second kappa shape index (κ2) is 6.21. The lowest BCUT2D eigenvalue weighted by Gasteiger charge is -2.11. The third kappa shape index (κ3) is 3.76. The van der Waals surface area contributed by atoms with Crippen molar-refractivity contribution in [2.24, 2.45) is 5.92 Å². The van der Waals surface area contributed by atoms with Crippen molar-refractivity contribution in [1.82, 2.24) is 10.6 Å². The zero-order valence-electron chi connectivity index (χ0n) is 9.84. The van der Waals surface area contributed by atoms with Gasteiger partial charge in [-0.25, -0.2) is 0 Å². The quantitative estimate of drug-likeness (QED) is 0.724. The summed E-state index contributed by atoms with van der Waals surface area (Å²) in [6, 6.07) is 0. The van der Waals surface area contributed by atoms with Gasteiger partial charge in [0.05, 0.1) is 6.10 Å². The van der Waals surface area contributed by atoms with E-state index in [2.05, 4.69) is 10.6 Å². The molecule has 0 aromatic heterocycles. The maximum atomic E-state index is 11.6. The summed E-state index contributed by atoms with van der Waals surface area (Å²) in [5, 5.41) is 6.32. The Labute approximate surface area is 97.1 Å². The van der Waals surface area contributed by atoms with Crippen LogP contribution in [0.4, 0.5) is 0 Å². The minimum absolute atomic E-state index is 0.183. The van der Waals surface area contributed by atoms with Crippen LogP contribution in [0.5, 0.6) is 0 Å². The molecule has 2 aliphatic rings. The van der Waals surface area contributed by atoms with Crippen LogP contribution < -0.4 is 10.6 Å². The summed E-state index contributed by atoms with van der Waals surface area (Å²) in [4.78, 5) is 11.6. The summed E-state index contributed by atoms with van der Waals surface area (Å²) >= 11 is 0. The Morgan fingerprint density at radius 3 is 3.06 bits per heavy atom. The highest BCUT2D eigenvalue weighted by molar-refractivity contribution is 5.75. The molecule has 4 heteroatoms. The van der Waals surface area contributed by atoms with E-state index in [0.29, 0.717) is 18.4 Å². The van der Waals surface area contributed by atoms with Crippen LogP contribution in [0.2, 0.25) is 0 Å². The number of hydrogen-bond acceptors (Lipinski definition) is 3. The molecule has 2 heterocycles. The fourth-order valence-electron chi connectivity index (χ4n) is 2.40. The van der Waals surface area contributed by atoms with Crippen molar-refractivity contribution in [2.45, 2.75) is 38.2 Å². The normalized spacial score (nSPS) is 29.5. The first kappa shape index (κ1) is 11.9. The molecule has 2 aliphatic heterocycles. The Morgan fingerprint density at radius 2 is 2.38 bits per heavy atom. The van der Waals surface area contributed by atoms with Crippen molar-refractivity contribution in [3.8, 4) is 0 Å². The molecule has 0 radical (unpaired) electrons. The molecule has 0 spiro atoms. The van der Waals surface area contributed by atoms with Gasteiger partial charge in [0.15, 0.2) is 0 Å². The van der Waals surface area contributed by atoms with E-state index >= 15 is 0 Å². The molecule has 2 unspecified atom stereocenters. The first-order chi connectivity index (χ1) is 7.84. The number of rotatable bonds is 5. The molecule has 0 bridgehead atoms. The second-order valence-electron chi connectivity index (χ2n) is 4.84. The average Bonchev–Trinajstić information content (AvgIpc) is 2.96. The van der Waals surface area contributed by atoms with Crippen LogP contribution in [0, 0.1) is 5.92 Å². The number of amides is 1. The molecule has 0 saturated carbocycles. The van der Waals surface area contributed by atoms with Gasteiger partial charge < -0.3 is 15.4 Å². The maximum absolute atomic E-state index is 11.6. The largest absolute Gasteiger partial charge is 0.378 e. The average molecular weight is 226 g/mol. The standard InChI is InChI=1S/C12H22N2O2/c15-12(4-3-11-2-1-7-16-11)14-9-10-5-6-13-8-10/h10-11,13H,1-9H2,(H,14,15). The highest BCUT2D eigenvalue weighted by Crippen LogP contribution is 2.16. The number of carbonyl (C=O) groups is 1. The molecule has 0 aliphatic carbocycles. The highest BCUT2D eigenvalue weighted by Gasteiger charge is 2.18. The van der Waals surface area contributed by atoms with Crippen LogP contribution in [-0.4, -0.2) is 38.3 Å². The summed E-state index contributed by atoms with van der Waals surface area (Å²) in [6.45, 7) is 3.85. The molecule has 2 atom stereocenters. The molecular weight excluding hydrogens is 204 g/mol. The first-order valence-electron chi connectivity index (χ1n) is 6.43. The minimum Gasteiger partial charge on any atom is -0.378 e. The van der Waals surface area contributed by atoms with Crippen molar-refractivity contribution in [1.29, 1.82) is 0 Å². The number of ether oxygens (including phenoxy) is 1. The Bertz CT molecular complexity index is 199. The monoisotopic (exact) mass is 226 g/mol. The van der Waals surface area contributed by atoms with E-state index in [4.69, 9.17) is 4.74 Å². The summed E-state index contributed by atoms with van der Waals surface area (Å²) in [7, 11) is 0. The third-order valence-electron chi connectivity index (χ3n) is 3.47. The van der Waals surface area contributed by atoms with Crippen LogP contribution in [0.25, 0.3) is 0 Å². The van der Waals surface area contributed by atoms with Crippen molar-refractivity contribution < 1.29 is 9.53 Å². The smallest absolute Gasteiger partial charge is 0.220 e. The Hall–Kier alpha value is -0.610. The van der Waals surface area contributed by atoms with Gasteiger partial charge in [-0.1, -0.05) is 0 Å². The van der Waals surface area contributed by atoms with E-state index in [1.807, 2.05) is 0 Å². The van der Waals surface area contributed by atoms with Gasteiger partial charge in [0.2, 0.25) is 5.91 Å². The minimum atomic E-state index is 0.183. The molecule has 4 nitrogen and oxygen atoms in total. The first-order valence-corrected chi connectivity index (χ1v) is 6.43. The summed E-state index contributed by atoms with van der Waals surface area (Å²) < 4.78 is 5.49. The van der Waals surface area contributed by atoms with E-state index < -0.39 is 0 Å². The SMILES string of the molecule is O=C(CCC1CCCO1)NCC1CCNC1. The fraction of sp³-hybridized carbons (Fsp3) is 0.917. The van der Waals surface area contributed by atoms with E-state index in [9.17, 15) is 4.79 Å². The van der Waals surface area contributed by atoms with Crippen LogP contribution in [0.3, 0.4) is 0 Å². The molecule has 0 aromatic rings. The topological polar surface area (TPSA) is 50.4 Å². The lowest BCUT2D eigenvalue weighted by atomic mass is 10.1. The van der Waals surface area contributed by atoms with Gasteiger partial charge in [-0.3, -0.25) is 4.79 Å². The zero-order chi connectivity index (χ0) is 11.2. The molecule has 2 rings (SSSR count). The van der Waals surface area contributed by atoms with Gasteiger partial charge in [-0.2, -0.15) is 0 Å². The van der Waals surface area contributed by atoms with Crippen molar-refractivity contribution in [3.63, 3.8) is 0 Å². The molecule has 1 amide bonds. The zero-order valence-corrected chi connectivity index (χ0v) is 9.84. The van der Waals surface area contributed by atoms with Crippen LogP contribution in [0.1, 0.15) is 32.1 Å². The molecule has 16 heavy (non-hydrogen) atoms. The van der Waals surface area contributed by atoms with E-state index in [1.54, 1.807) is 0 Å². The molecule has 2 fully saturated rings. The van der Waals surface area contributed by atoms with Gasteiger partial charge >= 0.3 is 0 Å². The number of nitrogens with one attached hydrogen (secondary N) is 2. The summed E-state index contributed by atoms with van der Waals surface area (Å²) in [6.07, 6.45) is 5.30. The molecule has 2 N–H and O–H groups in total. The van der Waals surface area contributed by atoms with Gasteiger partial charge in [0.25, 0.3) is 0 Å². The van der Waals surface area contributed by atoms with Gasteiger partial charge in [-0.15, -0.1) is 0 Å². The molecule has 2 saturated heterocycles. The van der Waals surface area contributed by atoms with E-state index in [-0.39, 0.29) is 5.91 Å². The Morgan fingerprint density at radius 1 is 1.44 bits per heavy atom. The van der Waals surface area contributed by atoms with E-state index in [1.165, 1.54) is 6.42 Å². The number of hydrogen-bond donors (Lipinski definition) is 2. The predicted octanol–water partition coefficient (Wildman–Crippen LogP) is 0.671. The van der Waals surface area contributed by atoms with Crippen LogP contribution >= 0.6 is 0 Å². The molecule has 92 valence electrons. The lowest BCUT2D eigenvalue weighted by Crippen LogP contribution is -2.30. The molecular formula is C12H22N2O2. The van der Waals surface area contributed by atoms with Crippen LogP contribution in [0.15, 0.2) is 0 Å². The van der Waals surface area contributed by atoms with Crippen molar-refractivity contribution >= 4 is 5.91 Å². The van der Waals surface area contributed by atoms with E-state index in [0.717, 1.165) is 45.5 Å². The van der Waals surface area contributed by atoms with Gasteiger partial charge in [0, 0.05) is 19.6 Å². The van der Waals surface area contributed by atoms with Gasteiger partial charge in [-0.05, 0) is 44.7 Å². The third-order valence-corrected chi connectivity index (χ3v) is 3.47. The van der Waals surface area contributed by atoms with Crippen molar-refractivity contribution in [2.75, 3.05) is 26.2 Å². The maximum Gasteiger partial charge on any atom is 0.220 e. The highest BCUT2D eigenvalue weighted by atomic mass is 16.5. The summed E-state index contributed by atoms with van der Waals surface area (Å²) in [5.74, 6) is 0.814. The Balaban J connectivity index is 1.53. The second-order valence-corrected chi connectivity index (χ2v) is 4.84. The van der Waals surface area contributed by atoms with Crippen molar-refractivity contribution in [3.05, 3.63) is 0 Å². The van der Waals surface area contributed by atoms with Crippen LogP contribution in [-0.2, 0) is 9.53 Å². The predicted molar refractivity (Wildman–Crippen MR) is 62.2 cm³/mol. The van der Waals surface area contributed by atoms with Gasteiger partial charge in [0.1, 0.15) is 0 Å². The molecule has 0 aromatic carbocycles. The Kier molecular flexibility index (Phi) is 4.60. The number of carbonyl (C=O) groups excluding carboxylic acids is 1.